The number of furan rings is 1. The van der Waals surface area contributed by atoms with Crippen LogP contribution in [0.3, 0.4) is 0 Å². The Morgan fingerprint density at radius 2 is 1.31 bits per heavy atom. The van der Waals surface area contributed by atoms with Crippen LogP contribution in [0.2, 0.25) is 0 Å². The van der Waals surface area contributed by atoms with Gasteiger partial charge in [0, 0.05) is 40.1 Å². The fourth-order valence-electron chi connectivity index (χ4n) is 6.78. The highest BCUT2D eigenvalue weighted by atomic mass is 16.3. The van der Waals surface area contributed by atoms with Crippen LogP contribution in [-0.4, -0.2) is 10.4 Å². The summed E-state index contributed by atoms with van der Waals surface area (Å²) in [6, 6.07) is 45.6. The van der Waals surface area contributed by atoms with E-state index in [0.717, 1.165) is 34.2 Å². The Morgan fingerprint density at radius 3 is 2.21 bits per heavy atom. The first kappa shape index (κ1) is 23.3. The summed E-state index contributed by atoms with van der Waals surface area (Å²) in [5.74, 6) is 1.36. The molecule has 42 heavy (non-hydrogen) atoms. The van der Waals surface area contributed by atoms with Crippen molar-refractivity contribution in [2.24, 2.45) is 4.99 Å². The number of fused-ring (bicyclic) bond motifs is 8. The van der Waals surface area contributed by atoms with E-state index in [1.165, 1.54) is 49.3 Å². The van der Waals surface area contributed by atoms with E-state index in [1.54, 1.807) is 0 Å². The molecule has 3 nitrogen and oxygen atoms in total. The van der Waals surface area contributed by atoms with Crippen molar-refractivity contribution in [1.29, 1.82) is 0 Å². The summed E-state index contributed by atoms with van der Waals surface area (Å²) in [4.78, 5) is 4.95. The van der Waals surface area contributed by atoms with Gasteiger partial charge in [-0.3, -0.25) is 4.57 Å². The van der Waals surface area contributed by atoms with E-state index >= 15 is 0 Å². The van der Waals surface area contributed by atoms with Crippen molar-refractivity contribution in [2.75, 3.05) is 0 Å². The average molecular weight is 539 g/mol. The Labute approximate surface area is 242 Å². The first-order chi connectivity index (χ1) is 20.8. The highest BCUT2D eigenvalue weighted by molar-refractivity contribution is 6.24. The normalized spacial score (nSPS) is 15.3. The van der Waals surface area contributed by atoms with Gasteiger partial charge in [-0.05, 0) is 63.9 Å². The van der Waals surface area contributed by atoms with Crippen molar-refractivity contribution in [1.82, 2.24) is 4.57 Å². The van der Waals surface area contributed by atoms with Crippen LogP contribution in [0.25, 0.3) is 65.6 Å². The van der Waals surface area contributed by atoms with Gasteiger partial charge < -0.3 is 4.42 Å². The van der Waals surface area contributed by atoms with Crippen LogP contribution in [0.4, 0.5) is 0 Å². The maximum absolute atomic E-state index is 6.11. The molecule has 3 heteroatoms. The number of hydrogen-bond donors (Lipinski definition) is 0. The van der Waals surface area contributed by atoms with Crippen molar-refractivity contribution in [2.45, 2.75) is 12.3 Å². The van der Waals surface area contributed by atoms with Gasteiger partial charge >= 0.3 is 0 Å². The van der Waals surface area contributed by atoms with E-state index in [1.807, 2.05) is 18.3 Å². The van der Waals surface area contributed by atoms with Gasteiger partial charge in [-0.1, -0.05) is 97.1 Å². The minimum atomic E-state index is 0.294. The third-order valence-electron chi connectivity index (χ3n) is 8.80. The zero-order chi connectivity index (χ0) is 27.6. The maximum atomic E-state index is 6.11. The number of aromatic nitrogens is 1. The summed E-state index contributed by atoms with van der Waals surface area (Å²) in [6.45, 7) is 0. The van der Waals surface area contributed by atoms with Crippen molar-refractivity contribution in [3.63, 3.8) is 0 Å². The number of para-hydroxylation sites is 1. The molecule has 3 heterocycles. The molecular weight excluding hydrogens is 512 g/mol. The first-order valence-electron chi connectivity index (χ1n) is 14.5. The minimum absolute atomic E-state index is 0.294. The molecule has 0 saturated carbocycles. The molecular formula is C39H26N2O. The van der Waals surface area contributed by atoms with Crippen LogP contribution in [0, 0.1) is 0 Å². The van der Waals surface area contributed by atoms with E-state index in [-0.39, 0.29) is 0 Å². The molecule has 1 atom stereocenters. The predicted octanol–water partition coefficient (Wildman–Crippen LogP) is 10.5. The van der Waals surface area contributed by atoms with Gasteiger partial charge in [-0.25, -0.2) is 4.99 Å². The molecule has 6 aromatic carbocycles. The van der Waals surface area contributed by atoms with Crippen LogP contribution < -0.4 is 0 Å². The number of nitrogens with zero attached hydrogens (tertiary/aromatic N) is 2. The summed E-state index contributed by atoms with van der Waals surface area (Å²) in [5.41, 5.74) is 7.90. The molecule has 1 aliphatic heterocycles. The Hall–Kier alpha value is -5.41. The molecule has 2 aromatic heterocycles. The lowest BCUT2D eigenvalue weighted by Gasteiger charge is -2.20. The summed E-state index contributed by atoms with van der Waals surface area (Å²) in [6.07, 6.45) is 5.04. The van der Waals surface area contributed by atoms with Gasteiger partial charge in [0.1, 0.15) is 17.0 Å². The molecule has 0 spiro atoms. The molecule has 1 unspecified atom stereocenters. The summed E-state index contributed by atoms with van der Waals surface area (Å²) in [7, 11) is 0. The monoisotopic (exact) mass is 538 g/mol. The SMILES string of the molecule is C1=CC(c2ccccc2)CC(n2c3ccc(-c4ccc5oc6ccccc6c5c4)cc3c3c4ccccc4ccc32)=N1. The fourth-order valence-corrected chi connectivity index (χ4v) is 6.78. The van der Waals surface area contributed by atoms with E-state index < -0.39 is 0 Å². The van der Waals surface area contributed by atoms with E-state index in [0.29, 0.717) is 5.92 Å². The molecule has 8 aromatic rings. The lowest BCUT2D eigenvalue weighted by molar-refractivity contribution is 0.669. The van der Waals surface area contributed by atoms with Crippen LogP contribution >= 0.6 is 0 Å². The second-order valence-corrected chi connectivity index (χ2v) is 11.2. The van der Waals surface area contributed by atoms with Crippen molar-refractivity contribution >= 4 is 60.4 Å². The predicted molar refractivity (Wildman–Crippen MR) is 175 cm³/mol. The fraction of sp³-hybridized carbons (Fsp3) is 0.0513. The summed E-state index contributed by atoms with van der Waals surface area (Å²) >= 11 is 0. The molecule has 198 valence electrons. The molecule has 0 fully saturated rings. The Morgan fingerprint density at radius 1 is 0.595 bits per heavy atom. The largest absolute Gasteiger partial charge is 0.456 e. The highest BCUT2D eigenvalue weighted by Gasteiger charge is 2.22. The molecule has 1 aliphatic rings. The van der Waals surface area contributed by atoms with Gasteiger partial charge in [-0.2, -0.15) is 0 Å². The van der Waals surface area contributed by atoms with Gasteiger partial charge in [0.15, 0.2) is 0 Å². The molecule has 9 rings (SSSR count). The lowest BCUT2D eigenvalue weighted by atomic mass is 9.94. The summed E-state index contributed by atoms with van der Waals surface area (Å²) in [5, 5.41) is 7.31. The highest BCUT2D eigenvalue weighted by Crippen LogP contribution is 2.39. The minimum Gasteiger partial charge on any atom is -0.456 e. The Balaban J connectivity index is 1.27. The molecule has 0 bridgehead atoms. The maximum Gasteiger partial charge on any atom is 0.135 e. The molecule has 0 saturated heterocycles. The smallest absolute Gasteiger partial charge is 0.135 e. The standard InChI is InChI=1S/C39H26N2O/c1-2-8-25(9-3-1)29-20-21-40-38(24-29)41-34-17-15-27(23-33(34)39-30-11-5-4-10-26(30)14-18-35(39)41)28-16-19-37-32(22-28)31-12-6-7-13-36(31)42-37/h1-23,29H,24H2. The van der Waals surface area contributed by atoms with E-state index in [9.17, 15) is 0 Å². The van der Waals surface area contributed by atoms with Gasteiger partial charge in [0.2, 0.25) is 0 Å². The zero-order valence-electron chi connectivity index (χ0n) is 22.9. The van der Waals surface area contributed by atoms with E-state index in [4.69, 9.17) is 9.41 Å². The van der Waals surface area contributed by atoms with Gasteiger partial charge in [-0.15, -0.1) is 0 Å². The molecule has 0 amide bonds. The average Bonchev–Trinajstić information content (AvgIpc) is 3.60. The topological polar surface area (TPSA) is 30.4 Å². The van der Waals surface area contributed by atoms with Crippen LogP contribution in [0.1, 0.15) is 17.9 Å². The molecule has 0 aliphatic carbocycles. The number of rotatable bonds is 2. The van der Waals surface area contributed by atoms with Gasteiger partial charge in [0.05, 0.1) is 11.0 Å². The molecule has 0 N–H and O–H groups in total. The van der Waals surface area contributed by atoms with Crippen molar-refractivity contribution in [3.05, 3.63) is 145 Å². The second kappa shape index (κ2) is 9.05. The first-order valence-corrected chi connectivity index (χ1v) is 14.5. The van der Waals surface area contributed by atoms with Crippen LogP contribution in [0.5, 0.6) is 0 Å². The van der Waals surface area contributed by atoms with Gasteiger partial charge in [0.25, 0.3) is 0 Å². The van der Waals surface area contributed by atoms with Crippen molar-refractivity contribution in [3.8, 4) is 11.1 Å². The summed E-state index contributed by atoms with van der Waals surface area (Å²) < 4.78 is 8.49. The van der Waals surface area contributed by atoms with E-state index in [2.05, 4.69) is 126 Å². The lowest BCUT2D eigenvalue weighted by Crippen LogP contribution is -2.17. The zero-order valence-corrected chi connectivity index (χ0v) is 22.9. The second-order valence-electron chi connectivity index (χ2n) is 11.2. The number of aliphatic imine (C=N–C) groups is 1. The number of allylic oxidation sites excluding steroid dienone is 1. The third-order valence-corrected chi connectivity index (χ3v) is 8.80. The number of benzene rings is 6. The number of hydrogen-bond acceptors (Lipinski definition) is 2. The van der Waals surface area contributed by atoms with Crippen LogP contribution in [-0.2, 0) is 0 Å². The quantitative estimate of drug-likeness (QED) is 0.215. The van der Waals surface area contributed by atoms with Crippen molar-refractivity contribution < 1.29 is 4.42 Å². The third kappa shape index (κ3) is 3.50. The Kier molecular flexibility index (Phi) is 5.02. The Bertz CT molecular complexity index is 2390. The van der Waals surface area contributed by atoms with Crippen LogP contribution in [0.15, 0.2) is 149 Å². The molecule has 0 radical (unpaired) electrons.